The number of esters is 1. The van der Waals surface area contributed by atoms with Crippen LogP contribution in [0.5, 0.6) is 0 Å². The van der Waals surface area contributed by atoms with Crippen LogP contribution in [0.15, 0.2) is 15.5 Å². The Hall–Kier alpha value is -1.30. The molecule has 1 atom stereocenters. The van der Waals surface area contributed by atoms with E-state index in [0.717, 1.165) is 0 Å². The number of halogens is 1. The maximum absolute atomic E-state index is 11.6. The van der Waals surface area contributed by atoms with Gasteiger partial charge in [-0.05, 0) is 26.3 Å². The summed E-state index contributed by atoms with van der Waals surface area (Å²) in [5.74, 6) is 1.24. The van der Waals surface area contributed by atoms with Crippen molar-refractivity contribution in [3.63, 3.8) is 0 Å². The van der Waals surface area contributed by atoms with Gasteiger partial charge in [-0.15, -0.1) is 24.0 Å². The molecule has 0 spiro atoms. The zero-order valence-electron chi connectivity index (χ0n) is 15.1. The molecule has 1 aromatic heterocycles. The molecule has 1 unspecified atom stereocenters. The molecule has 0 fully saturated rings. The second-order valence-corrected chi connectivity index (χ2v) is 7.82. The van der Waals surface area contributed by atoms with Gasteiger partial charge in [0, 0.05) is 19.3 Å². The van der Waals surface area contributed by atoms with Crippen LogP contribution in [0.2, 0.25) is 0 Å². The predicted molar refractivity (Wildman–Crippen MR) is 107 cm³/mol. The van der Waals surface area contributed by atoms with E-state index in [4.69, 9.17) is 4.42 Å². The number of hydrogen-bond donors (Lipinski definition) is 2. The lowest BCUT2D eigenvalue weighted by atomic mass is 10.2. The summed E-state index contributed by atoms with van der Waals surface area (Å²) in [5.41, 5.74) is 0.388. The van der Waals surface area contributed by atoms with Gasteiger partial charge in [0.05, 0.1) is 19.4 Å². The third-order valence-corrected chi connectivity index (χ3v) is 4.31. The Bertz CT molecular complexity index is 700. The molecule has 2 N–H and O–H groups in total. The summed E-state index contributed by atoms with van der Waals surface area (Å²) < 4.78 is 32.6. The number of hydrogen-bond acceptors (Lipinski definition) is 6. The van der Waals surface area contributed by atoms with Gasteiger partial charge < -0.3 is 19.8 Å². The van der Waals surface area contributed by atoms with E-state index in [9.17, 15) is 13.2 Å². The van der Waals surface area contributed by atoms with E-state index in [2.05, 4.69) is 20.4 Å². The Kier molecular flexibility index (Phi) is 10.1. The van der Waals surface area contributed by atoms with Crippen molar-refractivity contribution >= 4 is 45.7 Å². The lowest BCUT2D eigenvalue weighted by Gasteiger charge is -2.17. The highest BCUT2D eigenvalue weighted by Crippen LogP contribution is 2.15. The number of carbonyl (C=O) groups excluding carboxylic acids is 1. The predicted octanol–water partition coefficient (Wildman–Crippen LogP) is 1.48. The molecule has 0 amide bonds. The summed E-state index contributed by atoms with van der Waals surface area (Å²) >= 11 is 0. The van der Waals surface area contributed by atoms with Gasteiger partial charge in [0.25, 0.3) is 0 Å². The van der Waals surface area contributed by atoms with Gasteiger partial charge in [-0.25, -0.2) is 13.2 Å². The molecule has 25 heavy (non-hydrogen) atoms. The summed E-state index contributed by atoms with van der Waals surface area (Å²) in [4.78, 5) is 15.6. The number of guanidine groups is 1. The minimum Gasteiger partial charge on any atom is -0.465 e. The Morgan fingerprint density at radius 2 is 2.08 bits per heavy atom. The average molecular weight is 487 g/mol. The standard InChI is InChI=1S/C15H25N3O5S.HI/c1-10(6-7-24(5,20)21)18-15(16-3)17-9-12-8-13(11(2)23-12)14(19)22-4;/h8,10H,6-7,9H2,1-5H3,(H2,16,17,18);1H. The van der Waals surface area contributed by atoms with Crippen molar-refractivity contribution in [3.05, 3.63) is 23.2 Å². The van der Waals surface area contributed by atoms with Crippen molar-refractivity contribution in [1.82, 2.24) is 10.6 Å². The van der Waals surface area contributed by atoms with Gasteiger partial charge in [-0.2, -0.15) is 0 Å². The molecule has 0 saturated heterocycles. The number of ether oxygens (including phenoxy) is 1. The highest BCUT2D eigenvalue weighted by atomic mass is 127. The van der Waals surface area contributed by atoms with Gasteiger partial charge in [0.15, 0.2) is 5.96 Å². The number of furan rings is 1. The second kappa shape index (κ2) is 10.6. The van der Waals surface area contributed by atoms with Crippen LogP contribution in [0.3, 0.4) is 0 Å². The van der Waals surface area contributed by atoms with Gasteiger partial charge in [0.2, 0.25) is 0 Å². The number of sulfone groups is 1. The molecule has 0 radical (unpaired) electrons. The zero-order chi connectivity index (χ0) is 18.3. The van der Waals surface area contributed by atoms with E-state index >= 15 is 0 Å². The molecule has 0 aliphatic heterocycles. The number of rotatable bonds is 7. The quantitative estimate of drug-likeness (QED) is 0.260. The van der Waals surface area contributed by atoms with Crippen molar-refractivity contribution in [2.75, 3.05) is 26.2 Å². The molecule has 1 aromatic rings. The van der Waals surface area contributed by atoms with Crippen LogP contribution in [0.1, 0.15) is 35.2 Å². The van der Waals surface area contributed by atoms with E-state index in [1.807, 2.05) is 6.92 Å². The summed E-state index contributed by atoms with van der Waals surface area (Å²) in [6.07, 6.45) is 1.69. The first-order valence-corrected chi connectivity index (χ1v) is 9.55. The molecule has 1 rings (SSSR count). The number of aryl methyl sites for hydroxylation is 1. The largest absolute Gasteiger partial charge is 0.465 e. The molecule has 144 valence electrons. The van der Waals surface area contributed by atoms with Crippen molar-refractivity contribution in [1.29, 1.82) is 0 Å². The first-order chi connectivity index (χ1) is 11.2. The first-order valence-electron chi connectivity index (χ1n) is 7.48. The lowest BCUT2D eigenvalue weighted by molar-refractivity contribution is 0.0599. The maximum Gasteiger partial charge on any atom is 0.341 e. The summed E-state index contributed by atoms with van der Waals surface area (Å²) in [6, 6.07) is 1.56. The molecule has 0 saturated carbocycles. The molecule has 10 heteroatoms. The molecule has 1 heterocycles. The molecule has 0 aliphatic carbocycles. The fourth-order valence-electron chi connectivity index (χ4n) is 2.01. The molecule has 0 aromatic carbocycles. The molecular formula is C15H26IN3O5S. The van der Waals surface area contributed by atoms with Crippen LogP contribution in [0.25, 0.3) is 0 Å². The van der Waals surface area contributed by atoms with Crippen molar-refractivity contribution in [2.24, 2.45) is 4.99 Å². The SMILES string of the molecule is CN=C(NCc1cc(C(=O)OC)c(C)o1)NC(C)CCS(C)(=O)=O.I. The normalized spacial score (nSPS) is 12.9. The topological polar surface area (TPSA) is 110 Å². The number of methoxy groups -OCH3 is 1. The van der Waals surface area contributed by atoms with Gasteiger partial charge in [-0.3, -0.25) is 4.99 Å². The highest BCUT2D eigenvalue weighted by Gasteiger charge is 2.16. The van der Waals surface area contributed by atoms with Crippen molar-refractivity contribution in [2.45, 2.75) is 32.9 Å². The smallest absolute Gasteiger partial charge is 0.341 e. The third kappa shape index (κ3) is 8.56. The van der Waals surface area contributed by atoms with Crippen molar-refractivity contribution in [3.8, 4) is 0 Å². The third-order valence-electron chi connectivity index (χ3n) is 3.33. The van der Waals surface area contributed by atoms with Crippen LogP contribution < -0.4 is 10.6 Å². The fraction of sp³-hybridized carbons (Fsp3) is 0.600. The summed E-state index contributed by atoms with van der Waals surface area (Å²) in [5, 5.41) is 6.16. The van der Waals surface area contributed by atoms with Crippen LogP contribution in [0, 0.1) is 6.92 Å². The lowest BCUT2D eigenvalue weighted by Crippen LogP contribution is -2.42. The number of nitrogens with one attached hydrogen (secondary N) is 2. The first kappa shape index (κ1) is 23.7. The van der Waals surface area contributed by atoms with Crippen LogP contribution in [-0.2, 0) is 21.1 Å². The van der Waals surface area contributed by atoms with Gasteiger partial charge in [0.1, 0.15) is 26.9 Å². The monoisotopic (exact) mass is 487 g/mol. The average Bonchev–Trinajstić information content (AvgIpc) is 2.88. The molecule has 8 nitrogen and oxygen atoms in total. The van der Waals surface area contributed by atoms with E-state index in [-0.39, 0.29) is 35.8 Å². The van der Waals surface area contributed by atoms with Crippen molar-refractivity contribution < 1.29 is 22.4 Å². The number of aliphatic imine (C=N–C) groups is 1. The maximum atomic E-state index is 11.6. The highest BCUT2D eigenvalue weighted by molar-refractivity contribution is 14.0. The molecular weight excluding hydrogens is 461 g/mol. The molecule has 0 aliphatic rings. The van der Waals surface area contributed by atoms with Gasteiger partial charge >= 0.3 is 5.97 Å². The zero-order valence-corrected chi connectivity index (χ0v) is 18.2. The summed E-state index contributed by atoms with van der Waals surface area (Å²) in [6.45, 7) is 3.90. The van der Waals surface area contributed by atoms with Gasteiger partial charge in [-0.1, -0.05) is 0 Å². The van der Waals surface area contributed by atoms with E-state index < -0.39 is 15.8 Å². The second-order valence-electron chi connectivity index (χ2n) is 5.56. The van der Waals surface area contributed by atoms with E-state index in [1.165, 1.54) is 13.4 Å². The minimum atomic E-state index is -2.99. The Morgan fingerprint density at radius 3 is 2.60 bits per heavy atom. The van der Waals surface area contributed by atoms with Crippen LogP contribution in [0.4, 0.5) is 0 Å². The van der Waals surface area contributed by atoms with Crippen LogP contribution >= 0.6 is 24.0 Å². The Labute approximate surface area is 165 Å². The van der Waals surface area contributed by atoms with E-state index in [1.54, 1.807) is 20.0 Å². The molecule has 0 bridgehead atoms. The summed E-state index contributed by atoms with van der Waals surface area (Å²) in [7, 11) is -0.0560. The van der Waals surface area contributed by atoms with Crippen LogP contribution in [-0.4, -0.2) is 52.6 Å². The minimum absolute atomic E-state index is 0. The number of nitrogens with zero attached hydrogens (tertiary/aromatic N) is 1. The van der Waals surface area contributed by atoms with E-state index in [0.29, 0.717) is 36.0 Å². The Morgan fingerprint density at radius 1 is 1.44 bits per heavy atom. The number of carbonyl (C=O) groups is 1. The Balaban J connectivity index is 0.00000576. The fourth-order valence-corrected chi connectivity index (χ4v) is 2.79.